The van der Waals surface area contributed by atoms with E-state index in [0.29, 0.717) is 48.3 Å². The zero-order valence-corrected chi connectivity index (χ0v) is 17.0. The predicted molar refractivity (Wildman–Crippen MR) is 99.9 cm³/mol. The first-order chi connectivity index (χ1) is 12.7. The fourth-order valence-electron chi connectivity index (χ4n) is 8.66. The Balaban J connectivity index is 1.54. The zero-order chi connectivity index (χ0) is 19.6. The molecule has 4 saturated carbocycles. The molecule has 0 heterocycles. The SMILES string of the molecule is C[C@H](C=O)C1C[C@@H](C)C2C3CCC4CC(C(F)(F)F)CCC4C3CC[C@]12C. The number of aldehydes is 1. The fourth-order valence-corrected chi connectivity index (χ4v) is 8.66. The van der Waals surface area contributed by atoms with E-state index < -0.39 is 12.1 Å². The molecule has 0 bridgehead atoms. The molecular weight excluding hydrogens is 349 g/mol. The van der Waals surface area contributed by atoms with Gasteiger partial charge in [-0.05, 0) is 98.2 Å². The van der Waals surface area contributed by atoms with Crippen molar-refractivity contribution < 1.29 is 18.0 Å². The summed E-state index contributed by atoms with van der Waals surface area (Å²) in [6.45, 7) is 6.88. The van der Waals surface area contributed by atoms with Crippen LogP contribution in [0.4, 0.5) is 13.2 Å². The van der Waals surface area contributed by atoms with Gasteiger partial charge in [-0.3, -0.25) is 0 Å². The number of alkyl halides is 3. The molecule has 4 heteroatoms. The van der Waals surface area contributed by atoms with Gasteiger partial charge < -0.3 is 4.79 Å². The van der Waals surface area contributed by atoms with Crippen LogP contribution in [0, 0.1) is 58.7 Å². The first-order valence-corrected chi connectivity index (χ1v) is 11.2. The molecule has 4 aliphatic rings. The summed E-state index contributed by atoms with van der Waals surface area (Å²) in [5, 5.41) is 0. The van der Waals surface area contributed by atoms with Crippen LogP contribution >= 0.6 is 0 Å². The first-order valence-electron chi connectivity index (χ1n) is 11.2. The normalized spacial score (nSPS) is 51.0. The van der Waals surface area contributed by atoms with Crippen molar-refractivity contribution >= 4 is 6.29 Å². The Morgan fingerprint density at radius 3 is 2.37 bits per heavy atom. The molecule has 0 aliphatic heterocycles. The lowest BCUT2D eigenvalue weighted by Crippen LogP contribution is -2.50. The number of fused-ring (bicyclic) bond motifs is 5. The highest BCUT2D eigenvalue weighted by atomic mass is 19.4. The molecule has 0 N–H and O–H groups in total. The maximum Gasteiger partial charge on any atom is 0.391 e. The Kier molecular flexibility index (Phi) is 4.95. The molecule has 7 unspecified atom stereocenters. The second-order valence-electron chi connectivity index (χ2n) is 10.8. The highest BCUT2D eigenvalue weighted by Gasteiger charge is 2.60. The molecular formula is C23H35F3O. The molecule has 4 rings (SSSR count). The van der Waals surface area contributed by atoms with E-state index in [4.69, 9.17) is 0 Å². The smallest absolute Gasteiger partial charge is 0.303 e. The maximum absolute atomic E-state index is 13.2. The van der Waals surface area contributed by atoms with Crippen LogP contribution in [0.15, 0.2) is 0 Å². The van der Waals surface area contributed by atoms with Gasteiger partial charge in [0.05, 0.1) is 5.92 Å². The van der Waals surface area contributed by atoms with Crippen LogP contribution in [-0.2, 0) is 4.79 Å². The molecule has 10 atom stereocenters. The van der Waals surface area contributed by atoms with Crippen LogP contribution in [0.5, 0.6) is 0 Å². The lowest BCUT2D eigenvalue weighted by Gasteiger charge is -2.57. The van der Waals surface area contributed by atoms with Crippen molar-refractivity contribution in [2.75, 3.05) is 0 Å². The lowest BCUT2D eigenvalue weighted by atomic mass is 9.48. The van der Waals surface area contributed by atoms with Gasteiger partial charge in [-0.2, -0.15) is 13.2 Å². The number of carbonyl (C=O) groups excluding carboxylic acids is 1. The van der Waals surface area contributed by atoms with Gasteiger partial charge in [-0.1, -0.05) is 20.8 Å². The first kappa shape index (κ1) is 19.8. The Morgan fingerprint density at radius 1 is 1.00 bits per heavy atom. The summed E-state index contributed by atoms with van der Waals surface area (Å²) in [5.74, 6) is 2.94. The third-order valence-electron chi connectivity index (χ3n) is 9.65. The van der Waals surface area contributed by atoms with Crippen LogP contribution in [0.3, 0.4) is 0 Å². The fraction of sp³-hybridized carbons (Fsp3) is 0.957. The highest BCUT2D eigenvalue weighted by molar-refractivity contribution is 5.53. The molecule has 0 radical (unpaired) electrons. The maximum atomic E-state index is 13.2. The van der Waals surface area contributed by atoms with Gasteiger partial charge in [0.1, 0.15) is 6.29 Å². The van der Waals surface area contributed by atoms with Crippen molar-refractivity contribution in [2.24, 2.45) is 58.7 Å². The predicted octanol–water partition coefficient (Wildman–Crippen LogP) is 6.51. The van der Waals surface area contributed by atoms with E-state index in [9.17, 15) is 18.0 Å². The van der Waals surface area contributed by atoms with E-state index in [1.165, 1.54) is 6.42 Å². The number of halogens is 3. The Morgan fingerprint density at radius 2 is 1.70 bits per heavy atom. The van der Waals surface area contributed by atoms with Gasteiger partial charge >= 0.3 is 6.18 Å². The molecule has 4 fully saturated rings. The lowest BCUT2D eigenvalue weighted by molar-refractivity contribution is -0.196. The van der Waals surface area contributed by atoms with Gasteiger partial charge in [0.25, 0.3) is 0 Å². The number of carbonyl (C=O) groups is 1. The summed E-state index contributed by atoms with van der Waals surface area (Å²) in [7, 11) is 0. The van der Waals surface area contributed by atoms with Crippen molar-refractivity contribution in [3.05, 3.63) is 0 Å². The van der Waals surface area contributed by atoms with E-state index in [1.807, 2.05) is 0 Å². The molecule has 154 valence electrons. The van der Waals surface area contributed by atoms with Crippen LogP contribution in [0.25, 0.3) is 0 Å². The Hall–Kier alpha value is -0.540. The van der Waals surface area contributed by atoms with Crippen LogP contribution in [0.2, 0.25) is 0 Å². The van der Waals surface area contributed by atoms with Crippen molar-refractivity contribution in [3.8, 4) is 0 Å². The van der Waals surface area contributed by atoms with Gasteiger partial charge in [-0.15, -0.1) is 0 Å². The van der Waals surface area contributed by atoms with Crippen molar-refractivity contribution in [1.29, 1.82) is 0 Å². The zero-order valence-electron chi connectivity index (χ0n) is 17.0. The summed E-state index contributed by atoms with van der Waals surface area (Å²) in [5.41, 5.74) is 0.247. The third kappa shape index (κ3) is 3.08. The molecule has 0 aromatic rings. The molecule has 0 saturated heterocycles. The van der Waals surface area contributed by atoms with Gasteiger partial charge in [0, 0.05) is 5.92 Å². The van der Waals surface area contributed by atoms with E-state index in [2.05, 4.69) is 20.8 Å². The van der Waals surface area contributed by atoms with E-state index in [0.717, 1.165) is 38.4 Å². The van der Waals surface area contributed by atoms with Crippen LogP contribution in [-0.4, -0.2) is 12.5 Å². The van der Waals surface area contributed by atoms with Gasteiger partial charge in [0.2, 0.25) is 0 Å². The molecule has 27 heavy (non-hydrogen) atoms. The summed E-state index contributed by atoms with van der Waals surface area (Å²) in [6.07, 6.45) is 4.22. The topological polar surface area (TPSA) is 17.1 Å². The minimum absolute atomic E-state index is 0.123. The molecule has 4 aliphatic carbocycles. The third-order valence-corrected chi connectivity index (χ3v) is 9.65. The number of hydrogen-bond donors (Lipinski definition) is 0. The molecule has 0 spiro atoms. The molecule has 0 aromatic carbocycles. The summed E-state index contributed by atoms with van der Waals surface area (Å²) < 4.78 is 39.7. The van der Waals surface area contributed by atoms with Crippen molar-refractivity contribution in [2.45, 2.75) is 78.3 Å². The quantitative estimate of drug-likeness (QED) is 0.496. The highest BCUT2D eigenvalue weighted by Crippen LogP contribution is 2.67. The minimum Gasteiger partial charge on any atom is -0.303 e. The van der Waals surface area contributed by atoms with E-state index in [-0.39, 0.29) is 17.3 Å². The van der Waals surface area contributed by atoms with Crippen molar-refractivity contribution in [1.82, 2.24) is 0 Å². The summed E-state index contributed by atoms with van der Waals surface area (Å²) in [4.78, 5) is 11.5. The summed E-state index contributed by atoms with van der Waals surface area (Å²) >= 11 is 0. The minimum atomic E-state index is -4.01. The van der Waals surface area contributed by atoms with Gasteiger partial charge in [0.15, 0.2) is 0 Å². The monoisotopic (exact) mass is 384 g/mol. The van der Waals surface area contributed by atoms with E-state index >= 15 is 0 Å². The number of hydrogen-bond acceptors (Lipinski definition) is 1. The Labute approximate surface area is 161 Å². The van der Waals surface area contributed by atoms with Gasteiger partial charge in [-0.25, -0.2) is 0 Å². The Bertz CT molecular complexity index is 572. The molecule has 0 aromatic heterocycles. The second kappa shape index (κ2) is 6.76. The van der Waals surface area contributed by atoms with Crippen LogP contribution in [0.1, 0.15) is 72.1 Å². The largest absolute Gasteiger partial charge is 0.391 e. The molecule has 1 nitrogen and oxygen atoms in total. The average molecular weight is 385 g/mol. The second-order valence-corrected chi connectivity index (χ2v) is 10.8. The van der Waals surface area contributed by atoms with Crippen LogP contribution < -0.4 is 0 Å². The standard InChI is InChI=1S/C23H35F3O/c1-13-10-20(14(2)12-27)22(3)9-8-18-17-7-5-16(23(24,25)26)11-15(17)4-6-19(18)21(13)22/h12-21H,4-11H2,1-3H3/t13-,14-,15?,16?,17?,18?,19?,20?,21?,22-/m1/s1. The average Bonchev–Trinajstić information content (AvgIpc) is 2.90. The molecule has 0 amide bonds. The number of rotatable bonds is 2. The summed E-state index contributed by atoms with van der Waals surface area (Å²) in [6, 6.07) is 0. The van der Waals surface area contributed by atoms with Crippen molar-refractivity contribution in [3.63, 3.8) is 0 Å². The van der Waals surface area contributed by atoms with E-state index in [1.54, 1.807) is 0 Å².